The number of hydrogen-bond acceptors (Lipinski definition) is 5. The molecule has 0 aliphatic heterocycles. The first-order valence-corrected chi connectivity index (χ1v) is 6.70. The minimum atomic E-state index is 0.680. The van der Waals surface area contributed by atoms with Crippen molar-refractivity contribution < 1.29 is 4.42 Å². The highest BCUT2D eigenvalue weighted by molar-refractivity contribution is 7.14. The number of furan rings is 1. The molecule has 2 aromatic heterocycles. The van der Waals surface area contributed by atoms with Gasteiger partial charge in [0.1, 0.15) is 10.6 Å². The van der Waals surface area contributed by atoms with E-state index in [2.05, 4.69) is 10.2 Å². The van der Waals surface area contributed by atoms with Crippen LogP contribution in [0, 0.1) is 0 Å². The number of nitrogens with two attached hydrogens (primary N) is 1. The van der Waals surface area contributed by atoms with Crippen LogP contribution in [-0.4, -0.2) is 16.7 Å². The van der Waals surface area contributed by atoms with Gasteiger partial charge in [0.15, 0.2) is 10.8 Å². The maximum absolute atomic E-state index is 5.76. The lowest BCUT2D eigenvalue weighted by Crippen LogP contribution is -1.99. The van der Waals surface area contributed by atoms with E-state index in [1.54, 1.807) is 11.3 Å². The highest BCUT2D eigenvalue weighted by Gasteiger charge is 2.11. The Kier molecular flexibility index (Phi) is 3.08. The summed E-state index contributed by atoms with van der Waals surface area (Å²) in [6.45, 7) is 0.680. The maximum atomic E-state index is 5.76. The molecule has 3 aromatic rings. The zero-order valence-corrected chi connectivity index (χ0v) is 10.6. The Morgan fingerprint density at radius 2 is 2.11 bits per heavy atom. The minimum absolute atomic E-state index is 0.680. The average Bonchev–Trinajstić information content (AvgIpc) is 3.02. The van der Waals surface area contributed by atoms with Crippen molar-refractivity contribution in [2.24, 2.45) is 5.73 Å². The first kappa shape index (κ1) is 11.4. The van der Waals surface area contributed by atoms with Crippen LogP contribution < -0.4 is 5.73 Å². The van der Waals surface area contributed by atoms with Gasteiger partial charge in [0.25, 0.3) is 0 Å². The molecule has 0 unspecified atom stereocenters. The van der Waals surface area contributed by atoms with Crippen LogP contribution in [-0.2, 0) is 6.42 Å². The van der Waals surface area contributed by atoms with Crippen molar-refractivity contribution in [2.45, 2.75) is 12.8 Å². The maximum Gasteiger partial charge on any atom is 0.183 e. The quantitative estimate of drug-likeness (QED) is 0.782. The molecule has 0 aliphatic carbocycles. The summed E-state index contributed by atoms with van der Waals surface area (Å²) < 4.78 is 5.76. The molecule has 2 heterocycles. The molecule has 0 saturated heterocycles. The third kappa shape index (κ3) is 2.14. The number of aryl methyl sites for hydroxylation is 1. The molecule has 0 amide bonds. The van der Waals surface area contributed by atoms with E-state index < -0.39 is 0 Å². The number of para-hydroxylation sites is 1. The van der Waals surface area contributed by atoms with Gasteiger partial charge >= 0.3 is 0 Å². The van der Waals surface area contributed by atoms with Crippen LogP contribution in [0.25, 0.3) is 21.7 Å². The van der Waals surface area contributed by atoms with Crippen molar-refractivity contribution >= 4 is 22.3 Å². The SMILES string of the molecule is NCCCc1nnc(-c2cc3ccccc3o2)s1. The summed E-state index contributed by atoms with van der Waals surface area (Å²) >= 11 is 1.57. The van der Waals surface area contributed by atoms with Crippen molar-refractivity contribution in [3.63, 3.8) is 0 Å². The zero-order valence-electron chi connectivity index (χ0n) is 9.80. The summed E-state index contributed by atoms with van der Waals surface area (Å²) in [7, 11) is 0. The van der Waals surface area contributed by atoms with Crippen molar-refractivity contribution in [2.75, 3.05) is 6.54 Å². The van der Waals surface area contributed by atoms with Gasteiger partial charge in [0, 0.05) is 11.8 Å². The Hall–Kier alpha value is -1.72. The highest BCUT2D eigenvalue weighted by Crippen LogP contribution is 2.29. The number of nitrogens with zero attached hydrogens (tertiary/aromatic N) is 2. The van der Waals surface area contributed by atoms with Crippen LogP contribution in [0.5, 0.6) is 0 Å². The third-order valence-corrected chi connectivity index (χ3v) is 3.70. The van der Waals surface area contributed by atoms with Gasteiger partial charge in [0.05, 0.1) is 0 Å². The molecule has 3 rings (SSSR count). The van der Waals surface area contributed by atoms with Crippen molar-refractivity contribution in [1.82, 2.24) is 10.2 Å². The average molecular weight is 259 g/mol. The van der Waals surface area contributed by atoms with Gasteiger partial charge in [-0.1, -0.05) is 29.5 Å². The lowest BCUT2D eigenvalue weighted by atomic mass is 10.2. The van der Waals surface area contributed by atoms with E-state index in [-0.39, 0.29) is 0 Å². The molecule has 4 nitrogen and oxygen atoms in total. The molecular weight excluding hydrogens is 246 g/mol. The second-order valence-electron chi connectivity index (χ2n) is 4.04. The minimum Gasteiger partial charge on any atom is -0.453 e. The predicted molar refractivity (Wildman–Crippen MR) is 72.5 cm³/mol. The predicted octanol–water partition coefficient (Wildman–Crippen LogP) is 2.84. The number of aromatic nitrogens is 2. The summed E-state index contributed by atoms with van der Waals surface area (Å²) in [5.74, 6) is 0.785. The largest absolute Gasteiger partial charge is 0.453 e. The summed E-state index contributed by atoms with van der Waals surface area (Å²) in [4.78, 5) is 0. The standard InChI is InChI=1S/C13H13N3OS/c14-7-3-6-12-15-16-13(18-12)11-8-9-4-1-2-5-10(9)17-11/h1-2,4-5,8H,3,6-7,14H2. The molecule has 0 saturated carbocycles. The Morgan fingerprint density at radius 3 is 2.94 bits per heavy atom. The fraction of sp³-hybridized carbons (Fsp3) is 0.231. The van der Waals surface area contributed by atoms with Crippen LogP contribution in [0.15, 0.2) is 34.7 Å². The topological polar surface area (TPSA) is 64.9 Å². The molecule has 0 aliphatic rings. The summed E-state index contributed by atoms with van der Waals surface area (Å²) in [5.41, 5.74) is 6.36. The van der Waals surface area contributed by atoms with Gasteiger partial charge in [-0.2, -0.15) is 0 Å². The van der Waals surface area contributed by atoms with Gasteiger partial charge in [0.2, 0.25) is 0 Å². The summed E-state index contributed by atoms with van der Waals surface area (Å²) in [5, 5.41) is 11.3. The first-order valence-electron chi connectivity index (χ1n) is 5.88. The molecule has 18 heavy (non-hydrogen) atoms. The molecule has 2 N–H and O–H groups in total. The monoisotopic (exact) mass is 259 g/mol. The fourth-order valence-electron chi connectivity index (χ4n) is 1.79. The third-order valence-electron chi connectivity index (χ3n) is 2.70. The lowest BCUT2D eigenvalue weighted by Gasteiger charge is -1.89. The second kappa shape index (κ2) is 4.88. The second-order valence-corrected chi connectivity index (χ2v) is 5.10. The lowest BCUT2D eigenvalue weighted by molar-refractivity contribution is 0.629. The summed E-state index contributed by atoms with van der Waals surface area (Å²) in [6, 6.07) is 9.94. The fourth-order valence-corrected chi connectivity index (χ4v) is 2.63. The Balaban J connectivity index is 1.91. The molecular formula is C13H13N3OS. The van der Waals surface area contributed by atoms with Gasteiger partial charge in [-0.05, 0) is 25.1 Å². The number of fused-ring (bicyclic) bond motifs is 1. The molecule has 0 radical (unpaired) electrons. The molecule has 0 bridgehead atoms. The van der Waals surface area contributed by atoms with Crippen LogP contribution in [0.4, 0.5) is 0 Å². The molecule has 1 aromatic carbocycles. The van der Waals surface area contributed by atoms with E-state index >= 15 is 0 Å². The van der Waals surface area contributed by atoms with E-state index in [1.807, 2.05) is 30.3 Å². The molecule has 92 valence electrons. The zero-order chi connectivity index (χ0) is 12.4. The van der Waals surface area contributed by atoms with Gasteiger partial charge in [-0.3, -0.25) is 0 Å². The summed E-state index contributed by atoms with van der Waals surface area (Å²) in [6.07, 6.45) is 1.82. The van der Waals surface area contributed by atoms with Gasteiger partial charge in [-0.25, -0.2) is 0 Å². The number of benzene rings is 1. The van der Waals surface area contributed by atoms with Crippen molar-refractivity contribution in [1.29, 1.82) is 0 Å². The van der Waals surface area contributed by atoms with Gasteiger partial charge in [-0.15, -0.1) is 10.2 Å². The Bertz CT molecular complexity index is 626. The smallest absolute Gasteiger partial charge is 0.183 e. The molecule has 0 fully saturated rings. The Morgan fingerprint density at radius 1 is 1.22 bits per heavy atom. The van der Waals surface area contributed by atoms with E-state index in [4.69, 9.17) is 10.2 Å². The van der Waals surface area contributed by atoms with E-state index in [0.29, 0.717) is 6.54 Å². The van der Waals surface area contributed by atoms with Crippen LogP contribution >= 0.6 is 11.3 Å². The molecule has 0 atom stereocenters. The van der Waals surface area contributed by atoms with Crippen LogP contribution in [0.3, 0.4) is 0 Å². The number of hydrogen-bond donors (Lipinski definition) is 1. The highest BCUT2D eigenvalue weighted by atomic mass is 32.1. The van der Waals surface area contributed by atoms with Crippen molar-refractivity contribution in [3.05, 3.63) is 35.3 Å². The van der Waals surface area contributed by atoms with Crippen molar-refractivity contribution in [3.8, 4) is 10.8 Å². The first-order chi connectivity index (χ1) is 8.86. The van der Waals surface area contributed by atoms with Gasteiger partial charge < -0.3 is 10.2 Å². The Labute approximate surface area is 108 Å². The number of rotatable bonds is 4. The van der Waals surface area contributed by atoms with E-state index in [9.17, 15) is 0 Å². The molecule has 0 spiro atoms. The van der Waals surface area contributed by atoms with E-state index in [1.165, 1.54) is 0 Å². The van der Waals surface area contributed by atoms with Crippen LogP contribution in [0.1, 0.15) is 11.4 Å². The molecule has 5 heteroatoms. The van der Waals surface area contributed by atoms with Crippen LogP contribution in [0.2, 0.25) is 0 Å². The normalized spacial score (nSPS) is 11.2. The van der Waals surface area contributed by atoms with E-state index in [0.717, 1.165) is 39.6 Å².